The molecule has 2 fully saturated rings. The molecule has 2 atom stereocenters. The minimum atomic E-state index is -0.133. The third-order valence-electron chi connectivity index (χ3n) is 4.93. The van der Waals surface area contributed by atoms with E-state index in [9.17, 15) is 4.79 Å². The number of pyridine rings is 1. The van der Waals surface area contributed by atoms with Crippen LogP contribution < -0.4 is 16.4 Å². The predicted molar refractivity (Wildman–Crippen MR) is 86.8 cm³/mol. The first kappa shape index (κ1) is 15.2. The molecule has 0 unspecified atom stereocenters. The van der Waals surface area contributed by atoms with Gasteiger partial charge in [0.2, 0.25) is 0 Å². The first-order valence-electron chi connectivity index (χ1n) is 8.05. The SMILES string of the molecule is CN(c1cc(C(=O)N2C[C@@H](N)[C@H](N)C2)ccn1)C1CCCC1. The fourth-order valence-corrected chi connectivity index (χ4v) is 3.43. The molecule has 1 amide bonds. The van der Waals surface area contributed by atoms with Crippen LogP contribution in [0.15, 0.2) is 18.3 Å². The lowest BCUT2D eigenvalue weighted by atomic mass is 10.2. The molecule has 0 spiro atoms. The van der Waals surface area contributed by atoms with E-state index in [0.717, 1.165) is 5.82 Å². The highest BCUT2D eigenvalue weighted by Crippen LogP contribution is 2.26. The lowest BCUT2D eigenvalue weighted by Gasteiger charge is -2.26. The predicted octanol–water partition coefficient (Wildman–Crippen LogP) is 0.571. The molecule has 1 saturated heterocycles. The van der Waals surface area contributed by atoms with Gasteiger partial charge in [0.1, 0.15) is 5.82 Å². The van der Waals surface area contributed by atoms with Gasteiger partial charge in [-0.05, 0) is 25.0 Å². The number of nitrogens with two attached hydrogens (primary N) is 2. The standard InChI is InChI=1S/C16H25N5O/c1-20(12-4-2-3-5-12)15-8-11(6-7-19-15)16(22)21-9-13(17)14(18)10-21/h6-8,12-14H,2-5,9-10,17-18H2,1H3/t13-,14-/m1/s1. The van der Waals surface area contributed by atoms with Gasteiger partial charge in [-0.15, -0.1) is 0 Å². The van der Waals surface area contributed by atoms with Crippen LogP contribution in [-0.2, 0) is 0 Å². The Morgan fingerprint density at radius 2 is 1.91 bits per heavy atom. The zero-order valence-electron chi connectivity index (χ0n) is 13.1. The summed E-state index contributed by atoms with van der Waals surface area (Å²) in [4.78, 5) is 21.0. The van der Waals surface area contributed by atoms with Crippen LogP contribution in [0.4, 0.5) is 5.82 Å². The number of carbonyl (C=O) groups is 1. The minimum Gasteiger partial charge on any atom is -0.357 e. The summed E-state index contributed by atoms with van der Waals surface area (Å²) in [5.41, 5.74) is 12.5. The number of hydrogen-bond acceptors (Lipinski definition) is 5. The van der Waals surface area contributed by atoms with Crippen LogP contribution in [0, 0.1) is 0 Å². The van der Waals surface area contributed by atoms with Crippen molar-refractivity contribution in [2.45, 2.75) is 43.8 Å². The molecule has 2 aliphatic rings. The van der Waals surface area contributed by atoms with Gasteiger partial charge < -0.3 is 21.3 Å². The lowest BCUT2D eigenvalue weighted by molar-refractivity contribution is 0.0789. The summed E-state index contributed by atoms with van der Waals surface area (Å²) in [7, 11) is 2.06. The molecule has 0 radical (unpaired) electrons. The zero-order chi connectivity index (χ0) is 15.7. The van der Waals surface area contributed by atoms with E-state index in [4.69, 9.17) is 11.5 Å². The van der Waals surface area contributed by atoms with Crippen LogP contribution in [0.25, 0.3) is 0 Å². The number of nitrogens with zero attached hydrogens (tertiary/aromatic N) is 3. The van der Waals surface area contributed by atoms with Crippen LogP contribution in [0.2, 0.25) is 0 Å². The number of rotatable bonds is 3. The molecule has 2 heterocycles. The van der Waals surface area contributed by atoms with Gasteiger partial charge in [-0.2, -0.15) is 0 Å². The Hall–Kier alpha value is -1.66. The van der Waals surface area contributed by atoms with Crippen LogP contribution in [0.3, 0.4) is 0 Å². The van der Waals surface area contributed by atoms with Gasteiger partial charge in [0, 0.05) is 50.0 Å². The van der Waals surface area contributed by atoms with Crippen LogP contribution in [0.1, 0.15) is 36.0 Å². The van der Waals surface area contributed by atoms with Crippen molar-refractivity contribution in [3.05, 3.63) is 23.9 Å². The highest BCUT2D eigenvalue weighted by molar-refractivity contribution is 5.95. The van der Waals surface area contributed by atoms with Crippen molar-refractivity contribution in [3.63, 3.8) is 0 Å². The monoisotopic (exact) mass is 303 g/mol. The Bertz CT molecular complexity index is 533. The second-order valence-electron chi connectivity index (χ2n) is 6.49. The van der Waals surface area contributed by atoms with Crippen molar-refractivity contribution >= 4 is 11.7 Å². The topological polar surface area (TPSA) is 88.5 Å². The molecule has 22 heavy (non-hydrogen) atoms. The average molecular weight is 303 g/mol. The van der Waals surface area contributed by atoms with Gasteiger partial charge in [-0.25, -0.2) is 4.98 Å². The van der Waals surface area contributed by atoms with Crippen molar-refractivity contribution in [2.75, 3.05) is 25.0 Å². The maximum atomic E-state index is 12.6. The molecule has 1 aromatic rings. The summed E-state index contributed by atoms with van der Waals surface area (Å²) in [5, 5.41) is 0. The average Bonchev–Trinajstić information content (AvgIpc) is 3.17. The molecule has 120 valence electrons. The molecule has 3 rings (SSSR count). The first-order chi connectivity index (χ1) is 10.6. The Labute approximate surface area is 131 Å². The summed E-state index contributed by atoms with van der Waals surface area (Å²) >= 11 is 0. The van der Waals surface area contributed by atoms with Crippen molar-refractivity contribution in [3.8, 4) is 0 Å². The number of anilines is 1. The molecule has 1 aliphatic heterocycles. The summed E-state index contributed by atoms with van der Waals surface area (Å²) in [5.74, 6) is 0.859. The third kappa shape index (κ3) is 2.94. The van der Waals surface area contributed by atoms with Gasteiger partial charge in [0.05, 0.1) is 0 Å². The van der Waals surface area contributed by atoms with Crippen molar-refractivity contribution in [2.24, 2.45) is 11.5 Å². The van der Waals surface area contributed by atoms with E-state index in [1.165, 1.54) is 25.7 Å². The maximum Gasteiger partial charge on any atom is 0.254 e. The second kappa shape index (κ2) is 6.22. The van der Waals surface area contributed by atoms with E-state index in [1.54, 1.807) is 17.2 Å². The molecule has 1 aromatic heterocycles. The molecule has 4 N–H and O–H groups in total. The lowest BCUT2D eigenvalue weighted by Crippen LogP contribution is -2.39. The van der Waals surface area contributed by atoms with E-state index in [0.29, 0.717) is 24.7 Å². The molecule has 1 saturated carbocycles. The number of amides is 1. The van der Waals surface area contributed by atoms with Crippen LogP contribution >= 0.6 is 0 Å². The van der Waals surface area contributed by atoms with Crippen LogP contribution in [-0.4, -0.2) is 54.1 Å². The highest BCUT2D eigenvalue weighted by Gasteiger charge is 2.31. The van der Waals surface area contributed by atoms with E-state index >= 15 is 0 Å². The molecule has 0 bridgehead atoms. The van der Waals surface area contributed by atoms with Crippen LogP contribution in [0.5, 0.6) is 0 Å². The molecule has 6 nitrogen and oxygen atoms in total. The number of aromatic nitrogens is 1. The molecular weight excluding hydrogens is 278 g/mol. The summed E-state index contributed by atoms with van der Waals surface area (Å²) < 4.78 is 0. The van der Waals surface area contributed by atoms with Gasteiger partial charge in [-0.3, -0.25) is 4.79 Å². The normalized spacial score (nSPS) is 25.7. The summed E-state index contributed by atoms with van der Waals surface area (Å²) in [6.07, 6.45) is 6.66. The fourth-order valence-electron chi connectivity index (χ4n) is 3.43. The number of carbonyl (C=O) groups excluding carboxylic acids is 1. The molecular formula is C16H25N5O. The van der Waals surface area contributed by atoms with E-state index < -0.39 is 0 Å². The maximum absolute atomic E-state index is 12.6. The van der Waals surface area contributed by atoms with Gasteiger partial charge in [0.25, 0.3) is 5.91 Å². The summed E-state index contributed by atoms with van der Waals surface area (Å²) in [6.45, 7) is 1.05. The molecule has 0 aromatic carbocycles. The number of hydrogen-bond donors (Lipinski definition) is 2. The summed E-state index contributed by atoms with van der Waals surface area (Å²) in [6, 6.07) is 3.92. The first-order valence-corrected chi connectivity index (χ1v) is 8.05. The van der Waals surface area contributed by atoms with Crippen molar-refractivity contribution in [1.29, 1.82) is 0 Å². The van der Waals surface area contributed by atoms with E-state index in [-0.39, 0.29) is 18.0 Å². The van der Waals surface area contributed by atoms with Gasteiger partial charge >= 0.3 is 0 Å². The Morgan fingerprint density at radius 3 is 2.55 bits per heavy atom. The number of likely N-dealkylation sites (tertiary alicyclic amines) is 1. The Morgan fingerprint density at radius 1 is 1.27 bits per heavy atom. The Kier molecular flexibility index (Phi) is 4.31. The molecule has 6 heteroatoms. The fraction of sp³-hybridized carbons (Fsp3) is 0.625. The molecule has 1 aliphatic carbocycles. The smallest absolute Gasteiger partial charge is 0.254 e. The van der Waals surface area contributed by atoms with Crippen molar-refractivity contribution in [1.82, 2.24) is 9.88 Å². The largest absolute Gasteiger partial charge is 0.357 e. The van der Waals surface area contributed by atoms with Crippen molar-refractivity contribution < 1.29 is 4.79 Å². The highest BCUT2D eigenvalue weighted by atomic mass is 16.2. The Balaban J connectivity index is 1.74. The minimum absolute atomic E-state index is 0.00753. The van der Waals surface area contributed by atoms with Gasteiger partial charge in [0.15, 0.2) is 0 Å². The third-order valence-corrected chi connectivity index (χ3v) is 4.93. The quantitative estimate of drug-likeness (QED) is 0.852. The van der Waals surface area contributed by atoms with E-state index in [2.05, 4.69) is 16.9 Å². The van der Waals surface area contributed by atoms with Gasteiger partial charge in [-0.1, -0.05) is 12.8 Å². The van der Waals surface area contributed by atoms with E-state index in [1.807, 2.05) is 6.07 Å². The second-order valence-corrected chi connectivity index (χ2v) is 6.49. The zero-order valence-corrected chi connectivity index (χ0v) is 13.1.